The molecule has 0 spiro atoms. The van der Waals surface area contributed by atoms with Gasteiger partial charge in [-0.05, 0) is 12.8 Å². The van der Waals surface area contributed by atoms with Gasteiger partial charge in [-0.25, -0.2) is 9.13 Å². The van der Waals surface area contributed by atoms with Gasteiger partial charge in [0.15, 0.2) is 36.4 Å². The van der Waals surface area contributed by atoms with Crippen molar-refractivity contribution in [2.24, 2.45) is 0 Å². The van der Waals surface area contributed by atoms with Gasteiger partial charge in [-0.2, -0.15) is 0 Å². The number of ketones is 2. The number of rotatable bonds is 17. The van der Waals surface area contributed by atoms with Gasteiger partial charge in [0, 0.05) is 59.4 Å². The van der Waals surface area contributed by atoms with Crippen LogP contribution in [0.1, 0.15) is 96.1 Å². The van der Waals surface area contributed by atoms with Crippen LogP contribution in [0.2, 0.25) is 0 Å². The van der Waals surface area contributed by atoms with Crippen molar-refractivity contribution >= 4 is 11.6 Å². The summed E-state index contributed by atoms with van der Waals surface area (Å²) in [5.74, 6) is 0.157. The molecule has 0 aliphatic rings. The molecule has 4 aromatic rings. The molecule has 6 heteroatoms. The third kappa shape index (κ3) is 11.5. The van der Waals surface area contributed by atoms with Crippen LogP contribution in [0.5, 0.6) is 0 Å². The highest BCUT2D eigenvalue weighted by Gasteiger charge is 2.11. The second-order valence-corrected chi connectivity index (χ2v) is 10.6. The third-order valence-corrected chi connectivity index (χ3v) is 7.46. The lowest BCUT2D eigenvalue weighted by molar-refractivity contribution is -0.697. The van der Waals surface area contributed by atoms with E-state index in [4.69, 9.17) is 0 Å². The van der Waals surface area contributed by atoms with Gasteiger partial charge in [0.1, 0.15) is 13.1 Å². The largest absolute Gasteiger partial charge is 1.00 e. The van der Waals surface area contributed by atoms with Crippen molar-refractivity contribution in [2.45, 2.75) is 77.3 Å². The molecule has 4 nitrogen and oxygen atoms in total. The molecule has 0 atom stereocenters. The Morgan fingerprint density at radius 2 is 0.643 bits per heavy atom. The number of hydrogen-bond donors (Lipinski definition) is 0. The molecule has 0 saturated carbocycles. The van der Waals surface area contributed by atoms with Crippen LogP contribution in [0.15, 0.2) is 110 Å². The van der Waals surface area contributed by atoms with E-state index in [1.165, 1.54) is 64.2 Å². The third-order valence-electron chi connectivity index (χ3n) is 7.46. The van der Waals surface area contributed by atoms with Gasteiger partial charge in [-0.3, -0.25) is 9.59 Å². The zero-order chi connectivity index (χ0) is 27.8. The molecule has 42 heavy (non-hydrogen) atoms. The fourth-order valence-electron chi connectivity index (χ4n) is 5.03. The van der Waals surface area contributed by atoms with Crippen LogP contribution >= 0.6 is 0 Å². The molecule has 2 aromatic heterocycles. The average molecular weight is 606 g/mol. The first-order chi connectivity index (χ1) is 19.7. The van der Waals surface area contributed by atoms with Crippen LogP contribution < -0.4 is 33.9 Å². The van der Waals surface area contributed by atoms with Crippen molar-refractivity contribution < 1.29 is 43.5 Å². The van der Waals surface area contributed by atoms with Crippen LogP contribution in [0.3, 0.4) is 0 Å². The number of carbonyl (C=O) groups excluding carboxylic acids is 2. The molecule has 0 unspecified atom stereocenters. The number of halogens is 2. The van der Waals surface area contributed by atoms with Gasteiger partial charge >= 0.3 is 0 Å². The maximum Gasteiger partial charge on any atom is 0.193 e. The van der Waals surface area contributed by atoms with Gasteiger partial charge in [0.05, 0.1) is 0 Å². The molecule has 0 N–H and O–H groups in total. The normalized spacial score (nSPS) is 10.4. The maximum absolute atomic E-state index is 12.5. The molecular formula is C36H42Cl2N2O2. The van der Waals surface area contributed by atoms with E-state index in [2.05, 4.69) is 9.13 Å². The van der Waals surface area contributed by atoms with Gasteiger partial charge in [0.25, 0.3) is 0 Å². The lowest BCUT2D eigenvalue weighted by Crippen LogP contribution is -3.00. The fraction of sp³-hybridized carbons (Fsp3) is 0.333. The Labute approximate surface area is 263 Å². The summed E-state index contributed by atoms with van der Waals surface area (Å²) >= 11 is 0. The summed E-state index contributed by atoms with van der Waals surface area (Å²) in [7, 11) is 0. The topological polar surface area (TPSA) is 41.9 Å². The van der Waals surface area contributed by atoms with Crippen LogP contribution in [0.25, 0.3) is 0 Å². The summed E-state index contributed by atoms with van der Waals surface area (Å²) in [6, 6.07) is 26.6. The second kappa shape index (κ2) is 19.7. The number of carbonyl (C=O) groups is 2. The lowest BCUT2D eigenvalue weighted by Gasteiger charge is -2.03. The number of benzene rings is 2. The van der Waals surface area contributed by atoms with Crippen molar-refractivity contribution in [3.05, 3.63) is 132 Å². The molecule has 0 saturated heterocycles. The molecule has 222 valence electrons. The van der Waals surface area contributed by atoms with E-state index in [1.807, 2.05) is 110 Å². The van der Waals surface area contributed by atoms with Crippen molar-refractivity contribution in [1.29, 1.82) is 0 Å². The molecular weight excluding hydrogens is 563 g/mol. The monoisotopic (exact) mass is 604 g/mol. The van der Waals surface area contributed by atoms with Crippen molar-refractivity contribution in [3.8, 4) is 0 Å². The first kappa shape index (κ1) is 34.9. The summed E-state index contributed by atoms with van der Waals surface area (Å²) in [5.41, 5.74) is 2.96. The van der Waals surface area contributed by atoms with Gasteiger partial charge in [0.2, 0.25) is 0 Å². The van der Waals surface area contributed by atoms with E-state index in [0.29, 0.717) is 0 Å². The first-order valence-corrected chi connectivity index (χ1v) is 14.9. The Balaban J connectivity index is 0.00000308. The highest BCUT2D eigenvalue weighted by molar-refractivity contribution is 6.09. The van der Waals surface area contributed by atoms with Crippen LogP contribution in [-0.4, -0.2) is 11.6 Å². The molecule has 2 aromatic carbocycles. The standard InChI is InChI=1S/C36H42N2O2.2ClH/c39-35(31-17-11-9-12-18-31)33-21-27-37(28-22-33)25-15-7-5-3-1-2-4-6-8-16-26-38-29-23-34(24-30-38)36(40)32-19-13-10-14-20-32;;/h9-14,17-24,27-30H,1-8,15-16,25-26H2;2*1H/q+2;;/p-2. The van der Waals surface area contributed by atoms with Crippen molar-refractivity contribution in [2.75, 3.05) is 0 Å². The molecule has 0 aliphatic heterocycles. The van der Waals surface area contributed by atoms with E-state index in [9.17, 15) is 9.59 Å². The van der Waals surface area contributed by atoms with Gasteiger partial charge < -0.3 is 24.8 Å². The van der Waals surface area contributed by atoms with E-state index in [-0.39, 0.29) is 36.4 Å². The smallest absolute Gasteiger partial charge is 0.193 e. The average Bonchev–Trinajstić information content (AvgIpc) is 3.02. The Morgan fingerprint density at radius 1 is 0.381 bits per heavy atom. The van der Waals surface area contributed by atoms with E-state index in [0.717, 1.165) is 35.3 Å². The quantitative estimate of drug-likeness (QED) is 0.104. The number of aryl methyl sites for hydroxylation is 2. The predicted molar refractivity (Wildman–Crippen MR) is 159 cm³/mol. The summed E-state index contributed by atoms with van der Waals surface area (Å²) in [4.78, 5) is 25.0. The zero-order valence-electron chi connectivity index (χ0n) is 24.3. The first-order valence-electron chi connectivity index (χ1n) is 14.9. The van der Waals surface area contributed by atoms with E-state index >= 15 is 0 Å². The van der Waals surface area contributed by atoms with Crippen molar-refractivity contribution in [3.63, 3.8) is 0 Å². The summed E-state index contributed by atoms with van der Waals surface area (Å²) in [6.07, 6.45) is 20.8. The zero-order valence-corrected chi connectivity index (χ0v) is 25.9. The van der Waals surface area contributed by atoms with Crippen LogP contribution in [0, 0.1) is 0 Å². The minimum absolute atomic E-state index is 0. The summed E-state index contributed by atoms with van der Waals surface area (Å²) in [5, 5.41) is 0. The Kier molecular flexibility index (Phi) is 16.4. The molecule has 0 radical (unpaired) electrons. The number of aromatic nitrogens is 2. The highest BCUT2D eigenvalue weighted by Crippen LogP contribution is 2.12. The number of pyridine rings is 2. The predicted octanol–water partition coefficient (Wildman–Crippen LogP) is 1.33. The molecule has 4 rings (SSSR count). The van der Waals surface area contributed by atoms with E-state index in [1.54, 1.807) is 0 Å². The molecule has 0 bridgehead atoms. The lowest BCUT2D eigenvalue weighted by atomic mass is 10.0. The number of unbranched alkanes of at least 4 members (excludes halogenated alkanes) is 9. The Morgan fingerprint density at radius 3 is 0.952 bits per heavy atom. The van der Waals surface area contributed by atoms with Gasteiger partial charge in [-0.15, -0.1) is 0 Å². The number of nitrogens with zero attached hydrogens (tertiary/aromatic N) is 2. The summed E-state index contributed by atoms with van der Waals surface area (Å²) in [6.45, 7) is 2.01. The Bertz CT molecular complexity index is 1210. The van der Waals surface area contributed by atoms with E-state index < -0.39 is 0 Å². The number of hydrogen-bond acceptors (Lipinski definition) is 2. The van der Waals surface area contributed by atoms with Crippen LogP contribution in [-0.2, 0) is 13.1 Å². The Hall–Kier alpha value is -3.34. The minimum atomic E-state index is 0. The highest BCUT2D eigenvalue weighted by atomic mass is 35.5. The van der Waals surface area contributed by atoms with Crippen LogP contribution in [0.4, 0.5) is 0 Å². The molecule has 0 fully saturated rings. The minimum Gasteiger partial charge on any atom is -1.00 e. The summed E-state index contributed by atoms with van der Waals surface area (Å²) < 4.78 is 4.36. The SMILES string of the molecule is O=C(c1ccccc1)c1cc[n+](CCCCCCCCCCCC[n+]2ccc(C(=O)c3ccccc3)cc2)cc1.[Cl-].[Cl-]. The van der Waals surface area contributed by atoms with Gasteiger partial charge in [-0.1, -0.05) is 99.2 Å². The molecule has 2 heterocycles. The molecule has 0 aliphatic carbocycles. The fourth-order valence-corrected chi connectivity index (χ4v) is 5.03. The maximum atomic E-state index is 12.5. The van der Waals surface area contributed by atoms with Crippen molar-refractivity contribution in [1.82, 2.24) is 0 Å². The second-order valence-electron chi connectivity index (χ2n) is 10.6. The molecule has 0 amide bonds.